The highest BCUT2D eigenvalue weighted by Gasteiger charge is 2.05. The summed E-state index contributed by atoms with van der Waals surface area (Å²) in [6.07, 6.45) is 0.213. The van der Waals surface area contributed by atoms with E-state index < -0.39 is 11.9 Å². The molecule has 2 N–H and O–H groups in total. The van der Waals surface area contributed by atoms with Crippen LogP contribution in [0.25, 0.3) is 0 Å². The molecular weight excluding hydrogens is 316 g/mol. The van der Waals surface area contributed by atoms with Crippen LogP contribution < -0.4 is 20.8 Å². The van der Waals surface area contributed by atoms with Gasteiger partial charge in [-0.05, 0) is 49.9 Å². The molecule has 0 aliphatic carbocycles. The van der Waals surface area contributed by atoms with Gasteiger partial charge in [0.25, 0.3) is 0 Å². The molecule has 2 amide bonds. The number of benzene rings is 1. The van der Waals surface area contributed by atoms with Crippen molar-refractivity contribution in [3.8, 4) is 0 Å². The van der Waals surface area contributed by atoms with Crippen LogP contribution in [0.4, 0.5) is 11.4 Å². The number of carbonyl (C=O) groups is 4. The van der Waals surface area contributed by atoms with Gasteiger partial charge in [0, 0.05) is 36.2 Å². The summed E-state index contributed by atoms with van der Waals surface area (Å²) in [5.74, 6) is -3.00. The van der Waals surface area contributed by atoms with Gasteiger partial charge >= 0.3 is 0 Å². The first-order valence-corrected chi connectivity index (χ1v) is 7.46. The fourth-order valence-electron chi connectivity index (χ4n) is 1.87. The third-order valence-electron chi connectivity index (χ3n) is 3.02. The van der Waals surface area contributed by atoms with Gasteiger partial charge in [0.1, 0.15) is 0 Å². The number of carboxylic acid groups (broad SMARTS) is 2. The number of amides is 2. The number of anilines is 2. The van der Waals surface area contributed by atoms with Gasteiger partial charge in [-0.3, -0.25) is 9.59 Å². The first kappa shape index (κ1) is 19.1. The summed E-state index contributed by atoms with van der Waals surface area (Å²) >= 11 is 0. The van der Waals surface area contributed by atoms with Gasteiger partial charge < -0.3 is 30.4 Å². The van der Waals surface area contributed by atoms with Gasteiger partial charge in [-0.2, -0.15) is 0 Å². The SMILES string of the molecule is O=C([O-])CCCC(=O)Nc1ccc(NC(=O)CCCC(=O)[O-])cc1. The predicted octanol–water partition coefficient (Wildman–Crippen LogP) is -0.596. The van der Waals surface area contributed by atoms with Crippen molar-refractivity contribution in [3.05, 3.63) is 24.3 Å². The molecular formula is C16H18N2O6-2. The van der Waals surface area contributed by atoms with Crippen LogP contribution in [0.3, 0.4) is 0 Å². The van der Waals surface area contributed by atoms with Gasteiger partial charge in [-0.1, -0.05) is 0 Å². The minimum absolute atomic E-state index is 0.0743. The topological polar surface area (TPSA) is 138 Å². The molecule has 1 rings (SSSR count). The molecule has 8 nitrogen and oxygen atoms in total. The summed E-state index contributed by atoms with van der Waals surface area (Å²) < 4.78 is 0. The molecule has 0 saturated heterocycles. The molecule has 24 heavy (non-hydrogen) atoms. The summed E-state index contributed by atoms with van der Waals surface area (Å²) in [5, 5.41) is 25.7. The van der Waals surface area contributed by atoms with Crippen molar-refractivity contribution in [1.82, 2.24) is 0 Å². The Balaban J connectivity index is 2.37. The Kier molecular flexibility index (Phi) is 7.97. The monoisotopic (exact) mass is 334 g/mol. The van der Waals surface area contributed by atoms with E-state index in [0.29, 0.717) is 11.4 Å². The number of hydrogen-bond donors (Lipinski definition) is 2. The highest BCUT2D eigenvalue weighted by molar-refractivity contribution is 5.93. The summed E-state index contributed by atoms with van der Waals surface area (Å²) in [7, 11) is 0. The summed E-state index contributed by atoms with van der Waals surface area (Å²) in [6.45, 7) is 0. The van der Waals surface area contributed by atoms with Crippen LogP contribution >= 0.6 is 0 Å². The molecule has 130 valence electrons. The molecule has 0 radical (unpaired) electrons. The first-order chi connectivity index (χ1) is 11.4. The molecule has 0 aliphatic heterocycles. The molecule has 0 unspecified atom stereocenters. The van der Waals surface area contributed by atoms with Crippen LogP contribution in [0.1, 0.15) is 38.5 Å². The van der Waals surface area contributed by atoms with Crippen LogP contribution in [-0.2, 0) is 19.2 Å². The van der Waals surface area contributed by atoms with Crippen molar-refractivity contribution < 1.29 is 29.4 Å². The second-order valence-corrected chi connectivity index (χ2v) is 5.12. The third-order valence-corrected chi connectivity index (χ3v) is 3.02. The number of carbonyl (C=O) groups excluding carboxylic acids is 4. The molecule has 0 fully saturated rings. The van der Waals surface area contributed by atoms with Crippen molar-refractivity contribution in [2.24, 2.45) is 0 Å². The molecule has 1 aromatic rings. The average molecular weight is 334 g/mol. The summed E-state index contributed by atoms with van der Waals surface area (Å²) in [5.41, 5.74) is 1.03. The second-order valence-electron chi connectivity index (χ2n) is 5.12. The number of aliphatic carboxylic acids is 2. The first-order valence-electron chi connectivity index (χ1n) is 7.46. The molecule has 8 heteroatoms. The van der Waals surface area contributed by atoms with Gasteiger partial charge in [-0.25, -0.2) is 0 Å². The van der Waals surface area contributed by atoms with E-state index in [9.17, 15) is 29.4 Å². The Bertz CT molecular complexity index is 544. The lowest BCUT2D eigenvalue weighted by Gasteiger charge is -2.08. The molecule has 0 atom stereocenters. The van der Waals surface area contributed by atoms with E-state index in [2.05, 4.69) is 10.6 Å². The Morgan fingerprint density at radius 2 is 1.00 bits per heavy atom. The molecule has 0 aromatic heterocycles. The molecule has 0 saturated carbocycles. The van der Waals surface area contributed by atoms with E-state index in [1.165, 1.54) is 0 Å². The van der Waals surface area contributed by atoms with Crippen molar-refractivity contribution in [1.29, 1.82) is 0 Å². The van der Waals surface area contributed by atoms with Gasteiger partial charge in [0.15, 0.2) is 0 Å². The van der Waals surface area contributed by atoms with E-state index in [0.717, 1.165) is 0 Å². The van der Waals surface area contributed by atoms with E-state index in [1.54, 1.807) is 24.3 Å². The van der Waals surface area contributed by atoms with E-state index in [1.807, 2.05) is 0 Å². The van der Waals surface area contributed by atoms with Crippen LogP contribution in [0, 0.1) is 0 Å². The van der Waals surface area contributed by atoms with Crippen molar-refractivity contribution in [3.63, 3.8) is 0 Å². The van der Waals surface area contributed by atoms with Gasteiger partial charge in [-0.15, -0.1) is 0 Å². The Labute approximate surface area is 138 Å². The van der Waals surface area contributed by atoms with E-state index >= 15 is 0 Å². The normalized spacial score (nSPS) is 10.0. The van der Waals surface area contributed by atoms with E-state index in [-0.39, 0.29) is 50.3 Å². The van der Waals surface area contributed by atoms with Crippen LogP contribution in [0.15, 0.2) is 24.3 Å². The quantitative estimate of drug-likeness (QED) is 0.586. The largest absolute Gasteiger partial charge is 0.550 e. The zero-order valence-electron chi connectivity index (χ0n) is 13.0. The van der Waals surface area contributed by atoms with E-state index in [4.69, 9.17) is 0 Å². The fourth-order valence-corrected chi connectivity index (χ4v) is 1.87. The van der Waals surface area contributed by atoms with Crippen molar-refractivity contribution in [2.45, 2.75) is 38.5 Å². The molecule has 0 bridgehead atoms. The highest BCUT2D eigenvalue weighted by atomic mass is 16.4. The Hall–Kier alpha value is -2.90. The highest BCUT2D eigenvalue weighted by Crippen LogP contribution is 2.14. The number of nitrogens with one attached hydrogen (secondary N) is 2. The van der Waals surface area contributed by atoms with Crippen LogP contribution in [0.2, 0.25) is 0 Å². The predicted molar refractivity (Wildman–Crippen MR) is 81.4 cm³/mol. The second kappa shape index (κ2) is 9.98. The number of hydrogen-bond acceptors (Lipinski definition) is 6. The number of carboxylic acids is 2. The fraction of sp³-hybridized carbons (Fsp3) is 0.375. The molecule has 0 heterocycles. The maximum absolute atomic E-state index is 11.6. The lowest BCUT2D eigenvalue weighted by Crippen LogP contribution is -2.22. The lowest BCUT2D eigenvalue weighted by molar-refractivity contribution is -0.307. The molecule has 1 aromatic carbocycles. The van der Waals surface area contributed by atoms with Crippen LogP contribution in [0.5, 0.6) is 0 Å². The molecule has 0 spiro atoms. The smallest absolute Gasteiger partial charge is 0.224 e. The maximum atomic E-state index is 11.6. The zero-order valence-corrected chi connectivity index (χ0v) is 13.0. The minimum atomic E-state index is -1.19. The minimum Gasteiger partial charge on any atom is -0.550 e. The standard InChI is InChI=1S/C16H20N2O6/c19-13(3-1-5-15(21)22)17-11-7-9-12(10-8-11)18-14(20)4-2-6-16(23)24/h7-10H,1-6H2,(H,17,19)(H,18,20)(H,21,22)(H,23,24)/p-2. The third kappa shape index (κ3) is 8.52. The van der Waals surface area contributed by atoms with Gasteiger partial charge in [0.05, 0.1) is 0 Å². The lowest BCUT2D eigenvalue weighted by atomic mass is 10.2. The summed E-state index contributed by atoms with van der Waals surface area (Å²) in [6, 6.07) is 6.36. The van der Waals surface area contributed by atoms with Crippen molar-refractivity contribution >= 4 is 35.1 Å². The van der Waals surface area contributed by atoms with Gasteiger partial charge in [0.2, 0.25) is 11.8 Å². The van der Waals surface area contributed by atoms with Crippen LogP contribution in [-0.4, -0.2) is 23.8 Å². The zero-order chi connectivity index (χ0) is 17.9. The maximum Gasteiger partial charge on any atom is 0.224 e. The summed E-state index contributed by atoms with van der Waals surface area (Å²) in [4.78, 5) is 43.7. The van der Waals surface area contributed by atoms with Crippen molar-refractivity contribution in [2.75, 3.05) is 10.6 Å². The Morgan fingerprint density at radius 1 is 0.667 bits per heavy atom. The Morgan fingerprint density at radius 3 is 1.29 bits per heavy atom. The molecule has 0 aliphatic rings. The average Bonchev–Trinajstić information content (AvgIpc) is 2.48. The number of rotatable bonds is 10.